The van der Waals surface area contributed by atoms with E-state index in [-0.39, 0.29) is 35.3 Å². The number of amides is 5. The van der Waals surface area contributed by atoms with Crippen LogP contribution in [-0.2, 0) is 36.8 Å². The Morgan fingerprint density at radius 2 is 1.69 bits per heavy atom. The molecule has 242 valence electrons. The first-order valence-corrected chi connectivity index (χ1v) is 16.5. The molecule has 0 aliphatic carbocycles. The summed E-state index contributed by atoms with van der Waals surface area (Å²) >= 11 is 0. The lowest BCUT2D eigenvalue weighted by Gasteiger charge is -2.24. The lowest BCUT2D eigenvalue weighted by molar-refractivity contribution is -0.384. The van der Waals surface area contributed by atoms with Gasteiger partial charge in [0.2, 0.25) is 29.5 Å². The maximum Gasteiger partial charge on any atom is 0.269 e. The van der Waals surface area contributed by atoms with E-state index in [0.717, 1.165) is 16.7 Å². The molecule has 0 unspecified atom stereocenters. The van der Waals surface area contributed by atoms with Gasteiger partial charge in [0, 0.05) is 36.0 Å². The van der Waals surface area contributed by atoms with Gasteiger partial charge in [0.25, 0.3) is 5.69 Å². The monoisotopic (exact) mass is 660 g/mol. The first-order chi connectivity index (χ1) is 21.2. The Labute approximate surface area is 267 Å². The van der Waals surface area contributed by atoms with Crippen molar-refractivity contribution in [2.24, 2.45) is 11.7 Å². The van der Waals surface area contributed by atoms with Crippen molar-refractivity contribution in [1.82, 2.24) is 21.3 Å². The molecule has 16 heteroatoms. The number of nitro benzene ring substituents is 1. The fourth-order valence-corrected chi connectivity index (χ4v) is 6.96. The summed E-state index contributed by atoms with van der Waals surface area (Å²) in [5.41, 5.74) is 8.45. The van der Waals surface area contributed by atoms with Crippen LogP contribution in [0.3, 0.4) is 0 Å². The number of nitrogens with zero attached hydrogens (tertiary/aromatic N) is 1. The van der Waals surface area contributed by atoms with Crippen LogP contribution in [0.25, 0.3) is 0 Å². The summed E-state index contributed by atoms with van der Waals surface area (Å²) < 4.78 is 0. The number of phenolic OH excluding ortho intramolecular Hbond substituents is 1. The molecule has 1 heterocycles. The molecule has 1 aliphatic rings. The van der Waals surface area contributed by atoms with E-state index < -0.39 is 59.1 Å². The molecule has 1 saturated heterocycles. The lowest BCUT2D eigenvalue weighted by atomic mass is 9.92. The standard InChI is InChI=1S/C29H36N6O8S2/c1-15-8-20(36)9-16(2)21(15)10-17(3)27(39)34-24-14-45-44-13-23(26(30)38)33-29(41)22(32-25(37)12-31-28(24)40)11-18-4-6-19(7-5-18)35(42)43/h4-9,17,22-24,36H,10-14H2,1-3H3,(H2,30,38)(H,31,40)(H,32,37)(H,33,41)(H,34,39)/t17-,22-,23+,24+/m0/s1. The SMILES string of the molecule is Cc1cc(O)cc(C)c1C[C@H](C)C(=O)N[C@@H]1CSSC[C@H](C(N)=O)NC(=O)[C@H](Cc2ccc([N+](=O)[O-])cc2)NC(=O)CNC1=O. The average Bonchev–Trinajstić information content (AvgIpc) is 2.97. The third-order valence-corrected chi connectivity index (χ3v) is 9.57. The Hall–Kier alpha value is -4.31. The topological polar surface area (TPSA) is 223 Å². The smallest absolute Gasteiger partial charge is 0.269 e. The van der Waals surface area contributed by atoms with Gasteiger partial charge in [0.05, 0.1) is 11.5 Å². The van der Waals surface area contributed by atoms with E-state index in [1.54, 1.807) is 19.1 Å². The van der Waals surface area contributed by atoms with E-state index in [0.29, 0.717) is 12.0 Å². The van der Waals surface area contributed by atoms with Crippen LogP contribution in [0.1, 0.15) is 29.2 Å². The van der Waals surface area contributed by atoms with Crippen molar-refractivity contribution >= 4 is 56.8 Å². The van der Waals surface area contributed by atoms with Gasteiger partial charge in [-0.15, -0.1) is 0 Å². The third kappa shape index (κ3) is 10.4. The van der Waals surface area contributed by atoms with Crippen LogP contribution in [-0.4, -0.2) is 75.7 Å². The van der Waals surface area contributed by atoms with Crippen molar-refractivity contribution in [2.75, 3.05) is 18.1 Å². The van der Waals surface area contributed by atoms with Crippen LogP contribution in [0, 0.1) is 29.9 Å². The number of nitro groups is 1. The molecular formula is C29H36N6O8S2. The van der Waals surface area contributed by atoms with Crippen LogP contribution in [0.2, 0.25) is 0 Å². The number of primary amides is 1. The summed E-state index contributed by atoms with van der Waals surface area (Å²) in [4.78, 5) is 74.8. The second kappa shape index (κ2) is 16.1. The number of phenols is 1. The number of aromatic hydroxyl groups is 1. The van der Waals surface area contributed by atoms with E-state index in [4.69, 9.17) is 5.73 Å². The molecule has 1 aliphatic heterocycles. The molecule has 5 amide bonds. The van der Waals surface area contributed by atoms with E-state index >= 15 is 0 Å². The minimum Gasteiger partial charge on any atom is -0.508 e. The van der Waals surface area contributed by atoms with Crippen molar-refractivity contribution in [3.05, 3.63) is 68.8 Å². The van der Waals surface area contributed by atoms with Crippen molar-refractivity contribution in [3.63, 3.8) is 0 Å². The molecule has 45 heavy (non-hydrogen) atoms. The zero-order chi connectivity index (χ0) is 33.3. The zero-order valence-corrected chi connectivity index (χ0v) is 26.6. The number of nitrogens with two attached hydrogens (primary N) is 1. The zero-order valence-electron chi connectivity index (χ0n) is 25.0. The molecule has 0 saturated carbocycles. The number of rotatable bonds is 8. The van der Waals surface area contributed by atoms with Gasteiger partial charge in [0.15, 0.2) is 0 Å². The first kappa shape index (κ1) is 35.2. The Morgan fingerprint density at radius 1 is 1.07 bits per heavy atom. The Balaban J connectivity index is 1.74. The fraction of sp³-hybridized carbons (Fsp3) is 0.414. The fourth-order valence-electron chi connectivity index (χ4n) is 4.62. The number of nitrogens with one attached hydrogen (secondary N) is 4. The van der Waals surface area contributed by atoms with Crippen LogP contribution < -0.4 is 27.0 Å². The molecule has 0 aromatic heterocycles. The third-order valence-electron chi connectivity index (χ3n) is 7.15. The Morgan fingerprint density at radius 3 is 2.29 bits per heavy atom. The largest absolute Gasteiger partial charge is 0.508 e. The summed E-state index contributed by atoms with van der Waals surface area (Å²) in [6, 6.07) is 5.34. The summed E-state index contributed by atoms with van der Waals surface area (Å²) in [5.74, 6) is -3.47. The summed E-state index contributed by atoms with van der Waals surface area (Å²) in [5, 5.41) is 31.2. The molecule has 0 spiro atoms. The summed E-state index contributed by atoms with van der Waals surface area (Å²) in [6.45, 7) is 4.90. The number of non-ortho nitro benzene ring substituents is 1. The highest BCUT2D eigenvalue weighted by molar-refractivity contribution is 8.76. The van der Waals surface area contributed by atoms with Crippen LogP contribution >= 0.6 is 21.6 Å². The van der Waals surface area contributed by atoms with Crippen molar-refractivity contribution < 1.29 is 34.0 Å². The number of carbonyl (C=O) groups is 5. The quantitative estimate of drug-likeness (QED) is 0.133. The summed E-state index contributed by atoms with van der Waals surface area (Å²) in [6.07, 6.45) is 0.312. The highest BCUT2D eigenvalue weighted by atomic mass is 33.1. The van der Waals surface area contributed by atoms with Crippen molar-refractivity contribution in [2.45, 2.75) is 51.7 Å². The average molecular weight is 661 g/mol. The van der Waals surface area contributed by atoms with Crippen LogP contribution in [0.15, 0.2) is 36.4 Å². The molecule has 1 fully saturated rings. The molecule has 0 bridgehead atoms. The molecule has 3 rings (SSSR count). The number of hydrogen-bond acceptors (Lipinski definition) is 10. The Bertz CT molecular complexity index is 1430. The highest BCUT2D eigenvalue weighted by Gasteiger charge is 2.29. The van der Waals surface area contributed by atoms with Crippen molar-refractivity contribution in [3.8, 4) is 5.75 Å². The number of benzene rings is 2. The van der Waals surface area contributed by atoms with E-state index in [1.807, 2.05) is 13.8 Å². The van der Waals surface area contributed by atoms with E-state index in [1.165, 1.54) is 45.9 Å². The molecule has 2 aromatic rings. The molecule has 0 radical (unpaired) electrons. The van der Waals surface area contributed by atoms with Gasteiger partial charge in [-0.25, -0.2) is 0 Å². The van der Waals surface area contributed by atoms with E-state index in [2.05, 4.69) is 21.3 Å². The number of hydrogen-bond donors (Lipinski definition) is 6. The van der Waals surface area contributed by atoms with Gasteiger partial charge in [0.1, 0.15) is 23.9 Å². The highest BCUT2D eigenvalue weighted by Crippen LogP contribution is 2.25. The predicted octanol–water partition coefficient (Wildman–Crippen LogP) is 0.789. The maximum absolute atomic E-state index is 13.2. The minimum absolute atomic E-state index is 0.0437. The van der Waals surface area contributed by atoms with Gasteiger partial charge in [-0.2, -0.15) is 0 Å². The van der Waals surface area contributed by atoms with Gasteiger partial charge in [-0.05, 0) is 54.7 Å². The second-order valence-electron chi connectivity index (χ2n) is 10.7. The predicted molar refractivity (Wildman–Crippen MR) is 170 cm³/mol. The van der Waals surface area contributed by atoms with Gasteiger partial charge in [-0.1, -0.05) is 40.6 Å². The van der Waals surface area contributed by atoms with Gasteiger partial charge >= 0.3 is 0 Å². The van der Waals surface area contributed by atoms with Crippen LogP contribution in [0.4, 0.5) is 5.69 Å². The minimum atomic E-state index is -1.19. The van der Waals surface area contributed by atoms with Gasteiger partial charge < -0.3 is 32.1 Å². The first-order valence-electron chi connectivity index (χ1n) is 14.0. The second-order valence-corrected chi connectivity index (χ2v) is 13.3. The van der Waals surface area contributed by atoms with Crippen LogP contribution in [0.5, 0.6) is 5.75 Å². The normalized spacial score (nSPS) is 20.5. The molecule has 14 nitrogen and oxygen atoms in total. The summed E-state index contributed by atoms with van der Waals surface area (Å²) in [7, 11) is 2.36. The lowest BCUT2D eigenvalue weighted by Crippen LogP contribution is -2.56. The number of carbonyl (C=O) groups excluding carboxylic acids is 5. The molecule has 2 aromatic carbocycles. The van der Waals surface area contributed by atoms with Gasteiger partial charge in [-0.3, -0.25) is 34.1 Å². The molecule has 4 atom stereocenters. The maximum atomic E-state index is 13.2. The van der Waals surface area contributed by atoms with Crippen molar-refractivity contribution in [1.29, 1.82) is 0 Å². The Kier molecular flexibility index (Phi) is 12.6. The molecule has 7 N–H and O–H groups in total. The van der Waals surface area contributed by atoms with E-state index in [9.17, 15) is 39.2 Å². The number of aryl methyl sites for hydroxylation is 2. The molecular weight excluding hydrogens is 624 g/mol.